The van der Waals surface area contributed by atoms with Gasteiger partial charge < -0.3 is 5.73 Å². The summed E-state index contributed by atoms with van der Waals surface area (Å²) in [5, 5.41) is 0.621. The van der Waals surface area contributed by atoms with Gasteiger partial charge in [-0.15, -0.1) is 11.3 Å². The lowest BCUT2D eigenvalue weighted by atomic mass is 10.1. The predicted molar refractivity (Wildman–Crippen MR) is 87.4 cm³/mol. The fourth-order valence-electron chi connectivity index (χ4n) is 2.68. The third-order valence-corrected chi connectivity index (χ3v) is 4.59. The summed E-state index contributed by atoms with van der Waals surface area (Å²) in [4.78, 5) is 24.8. The minimum absolute atomic E-state index is 0.621. The number of nitrogen functional groups attached to an aromatic ring is 1. The van der Waals surface area contributed by atoms with Gasteiger partial charge in [0.15, 0.2) is 11.0 Å². The van der Waals surface area contributed by atoms with Crippen molar-refractivity contribution in [3.8, 4) is 11.4 Å². The van der Waals surface area contributed by atoms with E-state index in [9.17, 15) is 0 Å². The van der Waals surface area contributed by atoms with Crippen molar-refractivity contribution in [1.82, 2.24) is 29.8 Å². The van der Waals surface area contributed by atoms with Gasteiger partial charge in [0.2, 0.25) is 0 Å². The number of aromatic nitrogens is 5. The van der Waals surface area contributed by atoms with Crippen LogP contribution in [0.25, 0.3) is 11.4 Å². The minimum Gasteiger partial charge on any atom is -0.375 e. The lowest BCUT2D eigenvalue weighted by Crippen LogP contribution is -2.30. The zero-order valence-corrected chi connectivity index (χ0v) is 13.2. The molecule has 4 rings (SSSR count). The molecular weight excluding hydrogens is 310 g/mol. The van der Waals surface area contributed by atoms with Gasteiger partial charge in [-0.05, 0) is 0 Å². The zero-order valence-electron chi connectivity index (χ0n) is 12.4. The van der Waals surface area contributed by atoms with E-state index in [-0.39, 0.29) is 0 Å². The van der Waals surface area contributed by atoms with Gasteiger partial charge in [-0.3, -0.25) is 4.90 Å². The number of hydrogen-bond acceptors (Lipinski definition) is 8. The van der Waals surface area contributed by atoms with E-state index in [0.29, 0.717) is 11.0 Å². The van der Waals surface area contributed by atoms with E-state index in [2.05, 4.69) is 29.8 Å². The molecule has 0 saturated carbocycles. The Balaban J connectivity index is 1.52. The second-order valence-corrected chi connectivity index (χ2v) is 6.56. The van der Waals surface area contributed by atoms with Gasteiger partial charge in [0, 0.05) is 61.3 Å². The van der Waals surface area contributed by atoms with Crippen molar-refractivity contribution in [2.45, 2.75) is 19.5 Å². The molecule has 7 nitrogen and oxygen atoms in total. The first-order chi connectivity index (χ1) is 11.3. The van der Waals surface area contributed by atoms with Gasteiger partial charge in [0.1, 0.15) is 6.33 Å². The first-order valence-electron chi connectivity index (χ1n) is 7.30. The molecule has 0 aromatic carbocycles. The molecule has 1 aliphatic rings. The highest BCUT2D eigenvalue weighted by atomic mass is 32.1. The van der Waals surface area contributed by atoms with Crippen molar-refractivity contribution < 1.29 is 0 Å². The lowest BCUT2D eigenvalue weighted by molar-refractivity contribution is 0.245. The Morgan fingerprint density at radius 1 is 1.13 bits per heavy atom. The fourth-order valence-corrected chi connectivity index (χ4v) is 3.41. The molecule has 0 aliphatic carbocycles. The van der Waals surface area contributed by atoms with E-state index in [1.807, 2.05) is 12.4 Å². The Bertz CT molecular complexity index is 818. The van der Waals surface area contributed by atoms with Crippen molar-refractivity contribution in [2.75, 3.05) is 12.3 Å². The maximum atomic E-state index is 5.69. The summed E-state index contributed by atoms with van der Waals surface area (Å²) in [6, 6.07) is 0. The number of thiazole rings is 1. The molecule has 1 aliphatic heterocycles. The summed E-state index contributed by atoms with van der Waals surface area (Å²) in [6.07, 6.45) is 9.65. The molecule has 0 radical (unpaired) electrons. The fraction of sp³-hybridized carbons (Fsp3) is 0.267. The van der Waals surface area contributed by atoms with Gasteiger partial charge in [0.05, 0.1) is 11.3 Å². The highest BCUT2D eigenvalue weighted by Crippen LogP contribution is 2.23. The third kappa shape index (κ3) is 3.03. The number of nitrogens with zero attached hydrogens (tertiary/aromatic N) is 6. The van der Waals surface area contributed by atoms with E-state index in [1.54, 1.807) is 23.7 Å². The summed E-state index contributed by atoms with van der Waals surface area (Å²) in [6.45, 7) is 2.67. The zero-order chi connectivity index (χ0) is 15.6. The van der Waals surface area contributed by atoms with Crippen molar-refractivity contribution in [3.63, 3.8) is 0 Å². The SMILES string of the molecule is Nc1ncc(CN2CCc3nc(-c4cncnc4)ncc3C2)s1. The van der Waals surface area contributed by atoms with E-state index < -0.39 is 0 Å². The quantitative estimate of drug-likeness (QED) is 0.780. The normalized spacial score (nSPS) is 14.6. The Morgan fingerprint density at radius 3 is 2.78 bits per heavy atom. The Kier molecular flexibility index (Phi) is 3.68. The molecule has 0 amide bonds. The number of hydrogen-bond donors (Lipinski definition) is 1. The highest BCUT2D eigenvalue weighted by Gasteiger charge is 2.19. The van der Waals surface area contributed by atoms with Crippen LogP contribution in [0.3, 0.4) is 0 Å². The van der Waals surface area contributed by atoms with Gasteiger partial charge in [0.25, 0.3) is 0 Å². The maximum absolute atomic E-state index is 5.69. The topological polar surface area (TPSA) is 93.7 Å². The van der Waals surface area contributed by atoms with Crippen LogP contribution >= 0.6 is 11.3 Å². The molecule has 4 heterocycles. The number of fused-ring (bicyclic) bond motifs is 1. The molecule has 3 aromatic heterocycles. The average molecular weight is 325 g/mol. The van der Waals surface area contributed by atoms with Crippen LogP contribution in [0.4, 0.5) is 5.13 Å². The van der Waals surface area contributed by atoms with E-state index >= 15 is 0 Å². The van der Waals surface area contributed by atoms with Crippen molar-refractivity contribution in [2.24, 2.45) is 0 Å². The minimum atomic E-state index is 0.621. The summed E-state index contributed by atoms with van der Waals surface area (Å²) in [5.74, 6) is 0.688. The predicted octanol–water partition coefficient (Wildman–Crippen LogP) is 1.53. The lowest BCUT2D eigenvalue weighted by Gasteiger charge is -2.27. The first-order valence-corrected chi connectivity index (χ1v) is 8.12. The largest absolute Gasteiger partial charge is 0.375 e. The van der Waals surface area contributed by atoms with Crippen LogP contribution in [0.5, 0.6) is 0 Å². The second kappa shape index (κ2) is 5.98. The van der Waals surface area contributed by atoms with Crippen LogP contribution in [0.2, 0.25) is 0 Å². The molecule has 116 valence electrons. The molecule has 23 heavy (non-hydrogen) atoms. The van der Waals surface area contributed by atoms with Crippen molar-refractivity contribution >= 4 is 16.5 Å². The second-order valence-electron chi connectivity index (χ2n) is 5.42. The Labute approximate surface area is 137 Å². The van der Waals surface area contributed by atoms with Crippen LogP contribution in [-0.4, -0.2) is 36.4 Å². The summed E-state index contributed by atoms with van der Waals surface area (Å²) < 4.78 is 0. The highest BCUT2D eigenvalue weighted by molar-refractivity contribution is 7.15. The average Bonchev–Trinajstić information content (AvgIpc) is 3.00. The van der Waals surface area contributed by atoms with E-state index in [0.717, 1.165) is 37.3 Å². The van der Waals surface area contributed by atoms with Crippen molar-refractivity contribution in [1.29, 1.82) is 0 Å². The molecule has 0 bridgehead atoms. The van der Waals surface area contributed by atoms with Crippen LogP contribution in [0.1, 0.15) is 16.1 Å². The monoisotopic (exact) mass is 325 g/mol. The number of rotatable bonds is 3. The van der Waals surface area contributed by atoms with Gasteiger partial charge in [-0.2, -0.15) is 0 Å². The number of nitrogens with two attached hydrogens (primary N) is 1. The molecule has 8 heteroatoms. The maximum Gasteiger partial charge on any atom is 0.180 e. The Hall–Kier alpha value is -2.45. The molecule has 0 spiro atoms. The summed E-state index contributed by atoms with van der Waals surface area (Å²) >= 11 is 1.54. The number of anilines is 1. The Morgan fingerprint density at radius 2 is 2.00 bits per heavy atom. The molecule has 0 atom stereocenters. The van der Waals surface area contributed by atoms with Crippen LogP contribution in [0.15, 0.2) is 31.1 Å². The molecule has 0 saturated heterocycles. The molecular formula is C15H15N7S. The van der Waals surface area contributed by atoms with Gasteiger partial charge in [-0.1, -0.05) is 0 Å². The van der Waals surface area contributed by atoms with Gasteiger partial charge >= 0.3 is 0 Å². The van der Waals surface area contributed by atoms with Crippen LogP contribution in [0, 0.1) is 0 Å². The van der Waals surface area contributed by atoms with E-state index in [1.165, 1.54) is 16.8 Å². The summed E-state index contributed by atoms with van der Waals surface area (Å²) in [7, 11) is 0. The molecule has 0 fully saturated rings. The van der Waals surface area contributed by atoms with Crippen molar-refractivity contribution in [3.05, 3.63) is 47.2 Å². The van der Waals surface area contributed by atoms with E-state index in [4.69, 9.17) is 5.73 Å². The molecule has 3 aromatic rings. The third-order valence-electron chi connectivity index (χ3n) is 3.78. The molecule has 2 N–H and O–H groups in total. The summed E-state index contributed by atoms with van der Waals surface area (Å²) in [5.41, 5.74) is 8.82. The smallest absolute Gasteiger partial charge is 0.180 e. The van der Waals surface area contributed by atoms with Gasteiger partial charge in [-0.25, -0.2) is 24.9 Å². The van der Waals surface area contributed by atoms with Crippen LogP contribution in [-0.2, 0) is 19.5 Å². The van der Waals surface area contributed by atoms with Crippen LogP contribution < -0.4 is 5.73 Å². The standard InChI is InChI=1S/C15H15N7S/c16-15-20-6-12(23-15)8-22-2-1-13-11(7-22)5-19-14(21-13)10-3-17-9-18-4-10/h3-6,9H,1-2,7-8H2,(H2,16,20). The first kappa shape index (κ1) is 14.2. The molecule has 0 unspecified atom stereocenters.